The van der Waals surface area contributed by atoms with Crippen LogP contribution in [0.15, 0.2) is 35.4 Å². The van der Waals surface area contributed by atoms with Gasteiger partial charge in [0.05, 0.1) is 12.2 Å². The molecule has 0 saturated heterocycles. The van der Waals surface area contributed by atoms with Crippen LogP contribution in [0.3, 0.4) is 0 Å². The number of hydrazone groups is 1. The number of carbonyl (C=O) groups excluding carboxylic acids is 1. The predicted octanol–water partition coefficient (Wildman–Crippen LogP) is 1.16. The number of benzene rings is 1. The van der Waals surface area contributed by atoms with Gasteiger partial charge in [-0.3, -0.25) is 0 Å². The summed E-state index contributed by atoms with van der Waals surface area (Å²) in [5.74, 6) is 0. The van der Waals surface area contributed by atoms with Gasteiger partial charge in [0.1, 0.15) is 0 Å². The number of hydrogen-bond acceptors (Lipinski definition) is 4. The van der Waals surface area contributed by atoms with Crippen molar-refractivity contribution >= 4 is 23.3 Å². The average molecular weight is 251 g/mol. The number of thioether (sulfide) groups is 1. The van der Waals surface area contributed by atoms with Crippen LogP contribution in [-0.2, 0) is 4.87 Å². The second-order valence-electron chi connectivity index (χ2n) is 3.51. The van der Waals surface area contributed by atoms with E-state index in [2.05, 4.69) is 10.4 Å². The van der Waals surface area contributed by atoms with Gasteiger partial charge in [0.15, 0.2) is 4.87 Å². The maximum atomic E-state index is 11.7. The molecule has 0 spiro atoms. The molecular weight excluding hydrogens is 238 g/mol. The van der Waals surface area contributed by atoms with Crippen molar-refractivity contribution in [2.75, 3.05) is 13.7 Å². The van der Waals surface area contributed by atoms with Crippen LogP contribution in [0, 0.1) is 0 Å². The molecule has 1 aromatic rings. The van der Waals surface area contributed by atoms with Crippen molar-refractivity contribution in [3.63, 3.8) is 0 Å². The Labute approximate surface area is 104 Å². The van der Waals surface area contributed by atoms with Crippen LogP contribution in [0.1, 0.15) is 5.56 Å². The Kier molecular flexibility index (Phi) is 3.35. The number of urea groups is 1. The quantitative estimate of drug-likeness (QED) is 0.829. The number of nitrogens with zero attached hydrogens (tertiary/aromatic N) is 2. The largest absolute Gasteiger partial charge is 0.393 e. The Morgan fingerprint density at radius 1 is 1.53 bits per heavy atom. The highest BCUT2D eigenvalue weighted by atomic mass is 32.2. The molecule has 1 aliphatic heterocycles. The second kappa shape index (κ2) is 4.77. The number of amides is 2. The first-order valence-electron chi connectivity index (χ1n) is 5.13. The topological polar surface area (TPSA) is 64.9 Å². The first-order chi connectivity index (χ1) is 8.24. The van der Waals surface area contributed by atoms with E-state index in [0.717, 1.165) is 5.56 Å². The van der Waals surface area contributed by atoms with Gasteiger partial charge in [-0.25, -0.2) is 4.79 Å². The van der Waals surface area contributed by atoms with Crippen molar-refractivity contribution in [1.82, 2.24) is 10.3 Å². The Bertz CT molecular complexity index is 438. The van der Waals surface area contributed by atoms with Crippen LogP contribution in [0.2, 0.25) is 0 Å². The van der Waals surface area contributed by atoms with Crippen molar-refractivity contribution in [2.45, 2.75) is 4.87 Å². The van der Waals surface area contributed by atoms with Crippen LogP contribution >= 0.6 is 11.8 Å². The lowest BCUT2D eigenvalue weighted by molar-refractivity contribution is 0.121. The number of nitrogens with one attached hydrogen (secondary N) is 1. The normalized spacial score (nSPS) is 22.8. The van der Waals surface area contributed by atoms with Crippen LogP contribution in [0.5, 0.6) is 0 Å². The Balaban J connectivity index is 2.41. The first kappa shape index (κ1) is 11.9. The molecule has 0 aliphatic carbocycles. The molecule has 90 valence electrons. The average Bonchev–Trinajstić information content (AvgIpc) is 2.84. The van der Waals surface area contributed by atoms with Crippen molar-refractivity contribution < 1.29 is 9.90 Å². The zero-order valence-corrected chi connectivity index (χ0v) is 10.1. The summed E-state index contributed by atoms with van der Waals surface area (Å²) in [4.78, 5) is 10.9. The lowest BCUT2D eigenvalue weighted by Crippen LogP contribution is -2.47. The minimum Gasteiger partial charge on any atom is -0.393 e. The van der Waals surface area contributed by atoms with Crippen LogP contribution in [-0.4, -0.2) is 35.3 Å². The summed E-state index contributed by atoms with van der Waals surface area (Å²) < 4.78 is 0. The van der Waals surface area contributed by atoms with Gasteiger partial charge < -0.3 is 10.4 Å². The van der Waals surface area contributed by atoms with Crippen molar-refractivity contribution in [1.29, 1.82) is 0 Å². The third-order valence-corrected chi connectivity index (χ3v) is 3.73. The fourth-order valence-corrected chi connectivity index (χ4v) is 2.60. The molecule has 5 nitrogen and oxygen atoms in total. The lowest BCUT2D eigenvalue weighted by Gasteiger charge is -2.33. The molecule has 1 heterocycles. The van der Waals surface area contributed by atoms with E-state index < -0.39 is 4.87 Å². The molecule has 1 aliphatic rings. The molecule has 0 aromatic heterocycles. The van der Waals surface area contributed by atoms with Crippen molar-refractivity contribution in [2.24, 2.45) is 5.10 Å². The second-order valence-corrected chi connectivity index (χ2v) is 4.64. The summed E-state index contributed by atoms with van der Waals surface area (Å²) in [5, 5.41) is 17.5. The molecule has 0 fully saturated rings. The number of aliphatic hydroxyl groups is 1. The van der Waals surface area contributed by atoms with E-state index in [1.54, 1.807) is 5.55 Å². The number of hydrogen-bond donors (Lipinski definition) is 2. The Hall–Kier alpha value is -1.53. The molecule has 2 amide bonds. The lowest BCUT2D eigenvalue weighted by atomic mass is 10.1. The SMILES string of the molecule is CNC(=O)N1N=CSC1(CO)c1ccccc1. The van der Waals surface area contributed by atoms with Gasteiger partial charge in [0.2, 0.25) is 0 Å². The van der Waals surface area contributed by atoms with Gasteiger partial charge in [-0.15, -0.1) is 0 Å². The van der Waals surface area contributed by atoms with Crippen LogP contribution < -0.4 is 5.32 Å². The van der Waals surface area contributed by atoms with E-state index in [9.17, 15) is 9.90 Å². The molecule has 1 atom stereocenters. The van der Waals surface area contributed by atoms with Crippen molar-refractivity contribution in [3.05, 3.63) is 35.9 Å². The summed E-state index contributed by atoms with van der Waals surface area (Å²) in [5.41, 5.74) is 2.41. The highest BCUT2D eigenvalue weighted by Crippen LogP contribution is 2.42. The Morgan fingerprint density at radius 3 is 2.82 bits per heavy atom. The number of aliphatic hydroxyl groups excluding tert-OH is 1. The number of rotatable bonds is 2. The maximum Gasteiger partial charge on any atom is 0.339 e. The molecule has 1 aromatic carbocycles. The third kappa shape index (κ3) is 1.89. The third-order valence-electron chi connectivity index (χ3n) is 2.60. The maximum absolute atomic E-state index is 11.7. The molecule has 17 heavy (non-hydrogen) atoms. The van der Waals surface area contributed by atoms with Crippen LogP contribution in [0.25, 0.3) is 0 Å². The summed E-state index contributed by atoms with van der Waals surface area (Å²) >= 11 is 1.32. The summed E-state index contributed by atoms with van der Waals surface area (Å²) in [7, 11) is 1.54. The molecule has 6 heteroatoms. The van der Waals surface area contributed by atoms with Gasteiger partial charge in [-0.05, 0) is 5.56 Å². The Morgan fingerprint density at radius 2 is 2.24 bits per heavy atom. The summed E-state index contributed by atoms with van der Waals surface area (Å²) in [6.45, 7) is -0.199. The number of carbonyl (C=O) groups is 1. The fourth-order valence-electron chi connectivity index (χ4n) is 1.71. The van der Waals surface area contributed by atoms with Crippen molar-refractivity contribution in [3.8, 4) is 0 Å². The van der Waals surface area contributed by atoms with E-state index in [1.807, 2.05) is 30.3 Å². The zero-order chi connectivity index (χ0) is 12.3. The predicted molar refractivity (Wildman–Crippen MR) is 67.6 cm³/mol. The molecule has 2 N–H and O–H groups in total. The highest BCUT2D eigenvalue weighted by Gasteiger charge is 2.44. The molecule has 0 bridgehead atoms. The van der Waals surface area contributed by atoms with Crippen LogP contribution in [0.4, 0.5) is 4.79 Å². The summed E-state index contributed by atoms with van der Waals surface area (Å²) in [6, 6.07) is 9.02. The monoisotopic (exact) mass is 251 g/mol. The smallest absolute Gasteiger partial charge is 0.339 e. The van der Waals surface area contributed by atoms with E-state index in [-0.39, 0.29) is 12.6 Å². The van der Waals surface area contributed by atoms with Gasteiger partial charge in [0, 0.05) is 7.05 Å². The van der Waals surface area contributed by atoms with Gasteiger partial charge >= 0.3 is 6.03 Å². The standard InChI is InChI=1S/C11H13N3O2S/c1-12-10(16)14-11(7-15,17-8-13-14)9-5-3-2-4-6-9/h2-6,8,15H,7H2,1H3,(H,12,16). The minimum atomic E-state index is -0.860. The summed E-state index contributed by atoms with van der Waals surface area (Å²) in [6.07, 6.45) is 0. The molecule has 0 radical (unpaired) electrons. The molecule has 2 rings (SSSR count). The highest BCUT2D eigenvalue weighted by molar-refractivity contribution is 8.13. The fraction of sp³-hybridized carbons (Fsp3) is 0.273. The molecular formula is C11H13N3O2S. The first-order valence-corrected chi connectivity index (χ1v) is 6.01. The van der Waals surface area contributed by atoms with Gasteiger partial charge in [0.25, 0.3) is 0 Å². The van der Waals surface area contributed by atoms with E-state index in [4.69, 9.17) is 0 Å². The minimum absolute atomic E-state index is 0.199. The molecule has 1 unspecified atom stereocenters. The van der Waals surface area contributed by atoms with E-state index >= 15 is 0 Å². The van der Waals surface area contributed by atoms with E-state index in [0.29, 0.717) is 0 Å². The van der Waals surface area contributed by atoms with Gasteiger partial charge in [-0.2, -0.15) is 10.1 Å². The zero-order valence-electron chi connectivity index (χ0n) is 9.33. The van der Waals surface area contributed by atoms with E-state index in [1.165, 1.54) is 23.8 Å². The van der Waals surface area contributed by atoms with Gasteiger partial charge in [-0.1, -0.05) is 42.1 Å². The molecule has 0 saturated carbocycles.